The number of benzene rings is 1. The fourth-order valence-corrected chi connectivity index (χ4v) is 2.40. The number of nitrogens with zero attached hydrogens (tertiary/aromatic N) is 2. The van der Waals surface area contributed by atoms with E-state index in [0.29, 0.717) is 29.3 Å². The normalized spacial score (nSPS) is 10.5. The van der Waals surface area contributed by atoms with Crippen LogP contribution in [0.2, 0.25) is 5.02 Å². The second-order valence-corrected chi connectivity index (χ2v) is 5.35. The minimum atomic E-state index is -1.05. The van der Waals surface area contributed by atoms with Gasteiger partial charge in [-0.2, -0.15) is 0 Å². The summed E-state index contributed by atoms with van der Waals surface area (Å²) in [4.78, 5) is 28.4. The molecule has 1 aromatic carbocycles. The van der Waals surface area contributed by atoms with Gasteiger partial charge in [0.15, 0.2) is 6.61 Å². The Morgan fingerprint density at radius 2 is 2.13 bits per heavy atom. The zero-order chi connectivity index (χ0) is 16.8. The van der Waals surface area contributed by atoms with Crippen molar-refractivity contribution in [2.24, 2.45) is 0 Å². The number of pyridine rings is 1. The SMILES string of the molecule is CCCN(CC(=O)O)C(=O)COc1ccc(Cl)c2cccnc12. The molecule has 1 amide bonds. The molecule has 0 saturated carbocycles. The van der Waals surface area contributed by atoms with Gasteiger partial charge in [0.05, 0.1) is 5.02 Å². The number of carboxylic acids is 1. The third-order valence-electron chi connectivity index (χ3n) is 3.20. The molecule has 0 radical (unpaired) electrons. The molecule has 0 saturated heterocycles. The lowest BCUT2D eigenvalue weighted by Crippen LogP contribution is -2.39. The quantitative estimate of drug-likeness (QED) is 0.840. The molecule has 7 heteroatoms. The first kappa shape index (κ1) is 17.0. The van der Waals surface area contributed by atoms with Crippen molar-refractivity contribution in [1.82, 2.24) is 9.88 Å². The fourth-order valence-electron chi connectivity index (χ4n) is 2.18. The molecule has 2 rings (SSSR count). The van der Waals surface area contributed by atoms with Crippen LogP contribution in [0.25, 0.3) is 10.9 Å². The zero-order valence-corrected chi connectivity index (χ0v) is 13.4. The van der Waals surface area contributed by atoms with Crippen molar-refractivity contribution in [3.63, 3.8) is 0 Å². The molecule has 1 heterocycles. The number of rotatable bonds is 7. The van der Waals surface area contributed by atoms with Crippen molar-refractivity contribution in [2.45, 2.75) is 13.3 Å². The van der Waals surface area contributed by atoms with Crippen molar-refractivity contribution in [1.29, 1.82) is 0 Å². The molecule has 0 atom stereocenters. The van der Waals surface area contributed by atoms with Crippen molar-refractivity contribution < 1.29 is 19.4 Å². The summed E-state index contributed by atoms with van der Waals surface area (Å²) in [5.41, 5.74) is 0.563. The fraction of sp³-hybridized carbons (Fsp3) is 0.312. The first-order chi connectivity index (χ1) is 11.0. The summed E-state index contributed by atoms with van der Waals surface area (Å²) in [5.74, 6) is -0.996. The number of halogens is 1. The van der Waals surface area contributed by atoms with E-state index < -0.39 is 5.97 Å². The Bertz CT molecular complexity index is 720. The van der Waals surface area contributed by atoms with Gasteiger partial charge in [-0.05, 0) is 30.7 Å². The molecular formula is C16H17ClN2O4. The van der Waals surface area contributed by atoms with E-state index in [1.54, 1.807) is 24.4 Å². The lowest BCUT2D eigenvalue weighted by molar-refractivity contribution is -0.145. The predicted molar refractivity (Wildman–Crippen MR) is 86.8 cm³/mol. The predicted octanol–water partition coefficient (Wildman–Crippen LogP) is 2.59. The van der Waals surface area contributed by atoms with Gasteiger partial charge < -0.3 is 14.7 Å². The van der Waals surface area contributed by atoms with Crippen LogP contribution in [0.5, 0.6) is 5.75 Å². The average Bonchev–Trinajstić information content (AvgIpc) is 2.53. The lowest BCUT2D eigenvalue weighted by atomic mass is 10.2. The third kappa shape index (κ3) is 4.32. The summed E-state index contributed by atoms with van der Waals surface area (Å²) in [6, 6.07) is 6.89. The highest BCUT2D eigenvalue weighted by molar-refractivity contribution is 6.35. The number of aromatic nitrogens is 1. The number of carbonyl (C=O) groups excluding carboxylic acids is 1. The Balaban J connectivity index is 2.12. The van der Waals surface area contributed by atoms with E-state index in [2.05, 4.69) is 4.98 Å². The van der Waals surface area contributed by atoms with Crippen LogP contribution in [0.15, 0.2) is 30.5 Å². The van der Waals surface area contributed by atoms with Gasteiger partial charge in [-0.1, -0.05) is 18.5 Å². The van der Waals surface area contributed by atoms with Crippen molar-refractivity contribution in [3.8, 4) is 5.75 Å². The van der Waals surface area contributed by atoms with Gasteiger partial charge in [-0.15, -0.1) is 0 Å². The Labute approximate surface area is 138 Å². The van der Waals surface area contributed by atoms with Crippen molar-refractivity contribution >= 4 is 34.4 Å². The Morgan fingerprint density at radius 1 is 1.35 bits per heavy atom. The van der Waals surface area contributed by atoms with Crippen LogP contribution < -0.4 is 4.74 Å². The van der Waals surface area contributed by atoms with E-state index in [0.717, 1.165) is 5.39 Å². The maximum Gasteiger partial charge on any atom is 0.323 e. The minimum absolute atomic E-state index is 0.249. The zero-order valence-electron chi connectivity index (χ0n) is 12.7. The van der Waals surface area contributed by atoms with Gasteiger partial charge >= 0.3 is 5.97 Å². The van der Waals surface area contributed by atoms with E-state index in [9.17, 15) is 9.59 Å². The largest absolute Gasteiger partial charge is 0.481 e. The first-order valence-corrected chi connectivity index (χ1v) is 7.56. The molecule has 23 heavy (non-hydrogen) atoms. The molecule has 1 aromatic heterocycles. The summed E-state index contributed by atoms with van der Waals surface area (Å²) in [5, 5.41) is 10.1. The topological polar surface area (TPSA) is 79.7 Å². The number of fused-ring (bicyclic) bond motifs is 1. The summed E-state index contributed by atoms with van der Waals surface area (Å²) in [6.45, 7) is 1.66. The van der Waals surface area contributed by atoms with E-state index in [1.165, 1.54) is 4.90 Å². The molecule has 0 spiro atoms. The molecule has 0 fully saturated rings. The molecule has 0 unspecified atom stereocenters. The molecular weight excluding hydrogens is 320 g/mol. The second kappa shape index (κ2) is 7.78. The number of hydrogen-bond donors (Lipinski definition) is 1. The molecule has 122 valence electrons. The monoisotopic (exact) mass is 336 g/mol. The number of hydrogen-bond acceptors (Lipinski definition) is 4. The highest BCUT2D eigenvalue weighted by atomic mass is 35.5. The first-order valence-electron chi connectivity index (χ1n) is 7.18. The van der Waals surface area contributed by atoms with Crippen LogP contribution in [0.1, 0.15) is 13.3 Å². The number of ether oxygens (including phenoxy) is 1. The van der Waals surface area contributed by atoms with Crippen LogP contribution in [-0.4, -0.2) is 46.6 Å². The van der Waals surface area contributed by atoms with E-state index in [1.807, 2.05) is 13.0 Å². The minimum Gasteiger partial charge on any atom is -0.481 e. The Hall–Kier alpha value is -2.34. The Morgan fingerprint density at radius 3 is 2.83 bits per heavy atom. The van der Waals surface area contributed by atoms with Gasteiger partial charge in [0.25, 0.3) is 5.91 Å². The number of carboxylic acid groups (broad SMARTS) is 1. The highest BCUT2D eigenvalue weighted by Gasteiger charge is 2.17. The van der Waals surface area contributed by atoms with Crippen LogP contribution in [0, 0.1) is 0 Å². The van der Waals surface area contributed by atoms with Crippen LogP contribution in [-0.2, 0) is 9.59 Å². The standard InChI is InChI=1S/C16H17ClN2O4/c1-2-8-19(9-15(21)22)14(20)10-23-13-6-5-12(17)11-4-3-7-18-16(11)13/h3-7H,2,8-10H2,1H3,(H,21,22). The summed E-state index contributed by atoms with van der Waals surface area (Å²) >= 11 is 6.10. The molecule has 1 N–H and O–H groups in total. The molecule has 0 aliphatic heterocycles. The molecule has 0 aliphatic carbocycles. The van der Waals surface area contributed by atoms with Crippen LogP contribution in [0.3, 0.4) is 0 Å². The second-order valence-electron chi connectivity index (χ2n) is 4.94. The molecule has 2 aromatic rings. The Kier molecular flexibility index (Phi) is 5.76. The third-order valence-corrected chi connectivity index (χ3v) is 3.53. The van der Waals surface area contributed by atoms with Gasteiger partial charge in [0.2, 0.25) is 0 Å². The van der Waals surface area contributed by atoms with Crippen LogP contribution in [0.4, 0.5) is 0 Å². The number of aliphatic carboxylic acids is 1. The number of amides is 1. The molecule has 0 aliphatic rings. The van der Waals surface area contributed by atoms with Crippen molar-refractivity contribution in [2.75, 3.05) is 19.7 Å². The maximum absolute atomic E-state index is 12.1. The van der Waals surface area contributed by atoms with Gasteiger partial charge in [0.1, 0.15) is 17.8 Å². The smallest absolute Gasteiger partial charge is 0.323 e. The van der Waals surface area contributed by atoms with E-state index in [-0.39, 0.29) is 19.1 Å². The molecule has 0 bridgehead atoms. The summed E-state index contributed by atoms with van der Waals surface area (Å²) in [6.07, 6.45) is 2.28. The summed E-state index contributed by atoms with van der Waals surface area (Å²) in [7, 11) is 0. The van der Waals surface area contributed by atoms with E-state index in [4.69, 9.17) is 21.4 Å². The maximum atomic E-state index is 12.1. The van der Waals surface area contributed by atoms with Crippen LogP contribution >= 0.6 is 11.6 Å². The van der Waals surface area contributed by atoms with Gasteiger partial charge in [-0.25, -0.2) is 0 Å². The van der Waals surface area contributed by atoms with Crippen molar-refractivity contribution in [3.05, 3.63) is 35.5 Å². The van der Waals surface area contributed by atoms with Gasteiger partial charge in [0, 0.05) is 18.1 Å². The highest BCUT2D eigenvalue weighted by Crippen LogP contribution is 2.29. The summed E-state index contributed by atoms with van der Waals surface area (Å²) < 4.78 is 5.54. The average molecular weight is 337 g/mol. The van der Waals surface area contributed by atoms with Gasteiger partial charge in [-0.3, -0.25) is 14.6 Å². The number of carbonyl (C=O) groups is 2. The van der Waals surface area contributed by atoms with E-state index >= 15 is 0 Å². The molecule has 6 nitrogen and oxygen atoms in total. The lowest BCUT2D eigenvalue weighted by Gasteiger charge is -2.20.